The minimum absolute atomic E-state index is 0.0524. The lowest BCUT2D eigenvalue weighted by molar-refractivity contribution is 0.0951. The van der Waals surface area contributed by atoms with E-state index in [1.807, 2.05) is 24.3 Å². The maximum atomic E-state index is 11.7. The number of amides is 1. The van der Waals surface area contributed by atoms with Gasteiger partial charge in [0.05, 0.1) is 0 Å². The molecule has 1 fully saturated rings. The average molecular weight is 229 g/mol. The molecule has 2 nitrogen and oxygen atoms in total. The number of hydrogen-bond donors (Lipinski definition) is 1. The lowest BCUT2D eigenvalue weighted by Gasteiger charge is -2.03. The van der Waals surface area contributed by atoms with Crippen LogP contribution < -0.4 is 5.32 Å². The van der Waals surface area contributed by atoms with E-state index in [-0.39, 0.29) is 5.91 Å². The first kappa shape index (κ1) is 11.9. The van der Waals surface area contributed by atoms with E-state index in [2.05, 4.69) is 24.4 Å². The lowest BCUT2D eigenvalue weighted by Crippen LogP contribution is -2.25. The van der Waals surface area contributed by atoms with E-state index < -0.39 is 0 Å². The summed E-state index contributed by atoms with van der Waals surface area (Å²) in [6, 6.07) is 8.20. The molecule has 0 bridgehead atoms. The van der Waals surface area contributed by atoms with E-state index in [0.29, 0.717) is 6.04 Å². The molecule has 1 aromatic rings. The molecule has 0 heterocycles. The smallest absolute Gasteiger partial charge is 0.251 e. The number of nitrogens with one attached hydrogen (secondary N) is 1. The van der Waals surface area contributed by atoms with E-state index in [4.69, 9.17) is 0 Å². The Kier molecular flexibility index (Phi) is 3.97. The molecule has 1 amide bonds. The van der Waals surface area contributed by atoms with Crippen LogP contribution in [0.2, 0.25) is 0 Å². The number of unbranched alkanes of at least 4 members (excludes halogenated alkanes) is 1. The van der Waals surface area contributed by atoms with Crippen molar-refractivity contribution >= 4 is 12.0 Å². The van der Waals surface area contributed by atoms with Crippen molar-refractivity contribution in [3.05, 3.63) is 41.5 Å². The summed E-state index contributed by atoms with van der Waals surface area (Å²) in [4.78, 5) is 11.7. The fourth-order valence-corrected chi connectivity index (χ4v) is 1.63. The highest BCUT2D eigenvalue weighted by Gasteiger charge is 2.23. The van der Waals surface area contributed by atoms with Crippen LogP contribution in [0.25, 0.3) is 6.08 Å². The van der Waals surface area contributed by atoms with Crippen LogP contribution in [-0.4, -0.2) is 11.9 Å². The number of carbonyl (C=O) groups excluding carboxylic acids is 1. The lowest BCUT2D eigenvalue weighted by atomic mass is 10.1. The van der Waals surface area contributed by atoms with Crippen molar-refractivity contribution in [2.75, 3.05) is 0 Å². The van der Waals surface area contributed by atoms with Crippen LogP contribution in [0, 0.1) is 0 Å². The molecule has 1 aliphatic carbocycles. The van der Waals surface area contributed by atoms with Gasteiger partial charge in [-0.25, -0.2) is 0 Å². The average Bonchev–Trinajstić information content (AvgIpc) is 3.14. The highest BCUT2D eigenvalue weighted by Crippen LogP contribution is 2.19. The molecule has 1 aromatic carbocycles. The molecule has 1 N–H and O–H groups in total. The maximum Gasteiger partial charge on any atom is 0.251 e. The monoisotopic (exact) mass is 229 g/mol. The molecule has 2 rings (SSSR count). The van der Waals surface area contributed by atoms with Gasteiger partial charge >= 0.3 is 0 Å². The van der Waals surface area contributed by atoms with Gasteiger partial charge in [-0.15, -0.1) is 0 Å². The van der Waals surface area contributed by atoms with Gasteiger partial charge in [0.1, 0.15) is 0 Å². The second kappa shape index (κ2) is 5.67. The molecule has 1 saturated carbocycles. The predicted octanol–water partition coefficient (Wildman–Crippen LogP) is 3.39. The zero-order valence-corrected chi connectivity index (χ0v) is 10.3. The highest BCUT2D eigenvalue weighted by atomic mass is 16.1. The van der Waals surface area contributed by atoms with Crippen LogP contribution in [0.3, 0.4) is 0 Å². The summed E-state index contributed by atoms with van der Waals surface area (Å²) in [6.07, 6.45) is 8.79. The fourth-order valence-electron chi connectivity index (χ4n) is 1.63. The van der Waals surface area contributed by atoms with Crippen molar-refractivity contribution in [1.82, 2.24) is 5.32 Å². The maximum absolute atomic E-state index is 11.7. The van der Waals surface area contributed by atoms with E-state index in [1.54, 1.807) is 0 Å². The van der Waals surface area contributed by atoms with Gasteiger partial charge in [0.25, 0.3) is 5.91 Å². The number of rotatable bonds is 5. The predicted molar refractivity (Wildman–Crippen MR) is 70.9 cm³/mol. The van der Waals surface area contributed by atoms with E-state index in [1.165, 1.54) is 6.42 Å². The second-order valence-electron chi connectivity index (χ2n) is 4.56. The Bertz CT molecular complexity index is 401. The summed E-state index contributed by atoms with van der Waals surface area (Å²) >= 11 is 0. The van der Waals surface area contributed by atoms with Crippen LogP contribution in [0.1, 0.15) is 48.5 Å². The third-order valence-corrected chi connectivity index (χ3v) is 2.85. The fraction of sp³-hybridized carbons (Fsp3) is 0.400. The number of benzene rings is 1. The summed E-state index contributed by atoms with van der Waals surface area (Å²) in [6.45, 7) is 2.16. The molecule has 0 unspecified atom stereocenters. The van der Waals surface area contributed by atoms with Gasteiger partial charge in [-0.2, -0.15) is 0 Å². The topological polar surface area (TPSA) is 29.1 Å². The number of carbonyl (C=O) groups is 1. The Labute approximate surface area is 103 Å². The Morgan fingerprint density at radius 1 is 1.35 bits per heavy atom. The van der Waals surface area contributed by atoms with Crippen LogP contribution in [0.5, 0.6) is 0 Å². The highest BCUT2D eigenvalue weighted by molar-refractivity contribution is 5.94. The van der Waals surface area contributed by atoms with Crippen molar-refractivity contribution < 1.29 is 4.79 Å². The molecular weight excluding hydrogens is 210 g/mol. The second-order valence-corrected chi connectivity index (χ2v) is 4.56. The third-order valence-electron chi connectivity index (χ3n) is 2.85. The summed E-state index contributed by atoms with van der Waals surface area (Å²) in [5.41, 5.74) is 1.91. The molecule has 0 spiro atoms. The summed E-state index contributed by atoms with van der Waals surface area (Å²) in [7, 11) is 0. The zero-order chi connectivity index (χ0) is 12.1. The first-order chi connectivity index (χ1) is 8.29. The van der Waals surface area contributed by atoms with Crippen LogP contribution >= 0.6 is 0 Å². The number of hydrogen-bond acceptors (Lipinski definition) is 1. The van der Waals surface area contributed by atoms with Gasteiger partial charge in [0.15, 0.2) is 0 Å². The zero-order valence-electron chi connectivity index (χ0n) is 10.3. The van der Waals surface area contributed by atoms with E-state index in [0.717, 1.165) is 30.4 Å². The summed E-state index contributed by atoms with van der Waals surface area (Å²) in [5, 5.41) is 2.98. The minimum atomic E-state index is 0.0524. The summed E-state index contributed by atoms with van der Waals surface area (Å²) < 4.78 is 0. The van der Waals surface area contributed by atoms with Crippen molar-refractivity contribution in [1.29, 1.82) is 0 Å². The largest absolute Gasteiger partial charge is 0.349 e. The molecule has 0 atom stereocenters. The van der Waals surface area contributed by atoms with E-state index >= 15 is 0 Å². The molecular formula is C15H19NO. The normalized spacial score (nSPS) is 15.1. The molecule has 90 valence electrons. The molecule has 1 aliphatic rings. The Hall–Kier alpha value is -1.57. The van der Waals surface area contributed by atoms with Gasteiger partial charge in [-0.1, -0.05) is 37.6 Å². The van der Waals surface area contributed by atoms with Gasteiger partial charge in [0.2, 0.25) is 0 Å². The summed E-state index contributed by atoms with van der Waals surface area (Å²) in [5.74, 6) is 0.0524. The van der Waals surface area contributed by atoms with Crippen molar-refractivity contribution in [2.24, 2.45) is 0 Å². The van der Waals surface area contributed by atoms with Gasteiger partial charge in [0, 0.05) is 11.6 Å². The number of allylic oxidation sites excluding steroid dienone is 1. The quantitative estimate of drug-likeness (QED) is 0.823. The molecule has 0 radical (unpaired) electrons. The molecule has 0 aromatic heterocycles. The third kappa shape index (κ3) is 3.74. The van der Waals surface area contributed by atoms with Crippen LogP contribution in [0.4, 0.5) is 0 Å². The Morgan fingerprint density at radius 3 is 2.65 bits per heavy atom. The molecule has 2 heteroatoms. The molecule has 0 aliphatic heterocycles. The SMILES string of the molecule is CCCC=Cc1ccc(C(=O)NC2CC2)cc1. The van der Waals surface area contributed by atoms with Gasteiger partial charge in [-0.05, 0) is 37.0 Å². The van der Waals surface area contributed by atoms with Crippen molar-refractivity contribution in [2.45, 2.75) is 38.6 Å². The van der Waals surface area contributed by atoms with Gasteiger partial charge in [-0.3, -0.25) is 4.79 Å². The minimum Gasteiger partial charge on any atom is -0.349 e. The first-order valence-corrected chi connectivity index (χ1v) is 6.37. The standard InChI is InChI=1S/C15H19NO/c1-2-3-4-5-12-6-8-13(9-7-12)15(17)16-14-10-11-14/h4-9,14H,2-3,10-11H2,1H3,(H,16,17). The van der Waals surface area contributed by atoms with E-state index in [9.17, 15) is 4.79 Å². The Balaban J connectivity index is 1.94. The molecule has 17 heavy (non-hydrogen) atoms. The van der Waals surface area contributed by atoms with Gasteiger partial charge < -0.3 is 5.32 Å². The Morgan fingerprint density at radius 2 is 2.06 bits per heavy atom. The first-order valence-electron chi connectivity index (χ1n) is 6.37. The van der Waals surface area contributed by atoms with Crippen molar-refractivity contribution in [3.63, 3.8) is 0 Å². The van der Waals surface area contributed by atoms with Crippen molar-refractivity contribution in [3.8, 4) is 0 Å². The van der Waals surface area contributed by atoms with Crippen LogP contribution in [-0.2, 0) is 0 Å². The molecule has 0 saturated heterocycles. The van der Waals surface area contributed by atoms with Crippen LogP contribution in [0.15, 0.2) is 30.3 Å².